The van der Waals surface area contributed by atoms with Crippen molar-refractivity contribution in [3.05, 3.63) is 28.4 Å². The van der Waals surface area contributed by atoms with Crippen LogP contribution in [0.25, 0.3) is 21.6 Å². The van der Waals surface area contributed by atoms with E-state index in [0.29, 0.717) is 5.06 Å². The topological polar surface area (TPSA) is 357 Å². The minimum Gasteiger partial charge on any atom is -0.451 e. The van der Waals surface area contributed by atoms with Crippen LogP contribution in [0.5, 0.6) is 0 Å². The molecule has 0 spiro atoms. The van der Waals surface area contributed by atoms with Crippen LogP contribution in [-0.4, -0.2) is 91.2 Å². The molecule has 253 valence electrons. The number of esters is 1. The van der Waals surface area contributed by atoms with Gasteiger partial charge >= 0.3 is 29.4 Å². The zero-order chi connectivity index (χ0) is 34.6. The molecule has 0 aliphatic carbocycles. The van der Waals surface area contributed by atoms with Gasteiger partial charge in [-0.05, 0) is 44.4 Å². The van der Waals surface area contributed by atoms with Gasteiger partial charge in [0.25, 0.3) is 0 Å². The van der Waals surface area contributed by atoms with E-state index in [1.807, 2.05) is 0 Å². The van der Waals surface area contributed by atoms with Crippen molar-refractivity contribution in [2.24, 2.45) is 5.11 Å². The van der Waals surface area contributed by atoms with Gasteiger partial charge in [0, 0.05) is 4.91 Å². The molecule has 4 heterocycles. The molecule has 0 bridgehead atoms. The second kappa shape index (κ2) is 12.3. The number of ether oxygens (including phenoxy) is 2. The van der Waals surface area contributed by atoms with E-state index < -0.39 is 77.6 Å². The number of aliphatic hydroxyl groups is 1. The predicted octanol–water partition coefficient (Wildman–Crippen LogP) is 1.01. The Morgan fingerprint density at radius 1 is 1.15 bits per heavy atom. The number of anilines is 1. The maximum atomic E-state index is 13.4. The highest BCUT2D eigenvalue weighted by Gasteiger charge is 2.53. The minimum absolute atomic E-state index is 0.0415. The monoisotopic (exact) mass is 714 g/mol. The van der Waals surface area contributed by atoms with Crippen molar-refractivity contribution in [3.63, 3.8) is 0 Å². The van der Waals surface area contributed by atoms with E-state index in [1.165, 1.54) is 19.9 Å². The Balaban J connectivity index is 1.67. The quantitative estimate of drug-likeness (QED) is 0.0621. The third-order valence-electron chi connectivity index (χ3n) is 6.63. The summed E-state index contributed by atoms with van der Waals surface area (Å²) in [6, 6.07) is 0. The fraction of sp³-hybridized carbons (Fsp3) is 0.579. The number of azide groups is 1. The van der Waals surface area contributed by atoms with Gasteiger partial charge in [0.1, 0.15) is 17.7 Å². The summed E-state index contributed by atoms with van der Waals surface area (Å²) in [4.78, 5) is 64.6. The molecule has 6 atom stereocenters. The van der Waals surface area contributed by atoms with E-state index >= 15 is 0 Å². The lowest BCUT2D eigenvalue weighted by molar-refractivity contribution is -0.239. The van der Waals surface area contributed by atoms with Crippen molar-refractivity contribution in [2.75, 3.05) is 12.3 Å². The van der Waals surface area contributed by atoms with Crippen molar-refractivity contribution >= 4 is 52.4 Å². The number of nitrogens with zero attached hydrogens (tertiary/aromatic N) is 8. The van der Waals surface area contributed by atoms with E-state index in [2.05, 4.69) is 38.1 Å². The first kappa shape index (κ1) is 36.0. The molecule has 0 saturated carbocycles. The first-order chi connectivity index (χ1) is 21.0. The van der Waals surface area contributed by atoms with Crippen LogP contribution < -0.4 is 5.73 Å². The number of rotatable bonds is 11. The molecule has 2 aliphatic rings. The SMILES string of the molecule is CC1(C)C=C(C(=O)O[C@@H]2[C@H](O)[C@@H](COP(=O)(O)OP(=O)(O)OP(=O)(O)O)O[C@H]2n2cnc3c(N)nc(N=[N+]=[N-])nc32)C(C)(C)N1[O]. The lowest BCUT2D eigenvalue weighted by Gasteiger charge is -2.33. The number of nitrogen functional groups attached to an aromatic ring is 1. The summed E-state index contributed by atoms with van der Waals surface area (Å²) in [7, 11) is -17.2. The molecule has 27 heteroatoms. The van der Waals surface area contributed by atoms with E-state index in [1.54, 1.807) is 13.8 Å². The summed E-state index contributed by atoms with van der Waals surface area (Å²) in [5, 5.41) is 27.9. The molecule has 2 aliphatic heterocycles. The van der Waals surface area contributed by atoms with Gasteiger partial charge in [-0.3, -0.25) is 9.09 Å². The number of carbonyl (C=O) groups excluding carboxylic acids is 1. The second-order valence-electron chi connectivity index (χ2n) is 10.8. The third kappa shape index (κ3) is 7.47. The first-order valence-corrected chi connectivity index (χ1v) is 17.1. The Kier molecular flexibility index (Phi) is 9.61. The lowest BCUT2D eigenvalue weighted by atomic mass is 9.96. The van der Waals surface area contributed by atoms with Crippen molar-refractivity contribution in [2.45, 2.75) is 63.3 Å². The molecule has 2 aromatic heterocycles. The summed E-state index contributed by atoms with van der Waals surface area (Å²) < 4.78 is 59.3. The standard InChI is InChI=1S/C19H27N9O15P3/c1-18(2)5-8(19(3,4)28(18)31)16(30)41-12-11(29)9(6-39-45(35,36)43-46(37,38)42-44(32,33)34)40-15(12)27-7-22-10-13(20)23-17(25-26-21)24-14(10)27/h5,7,9,11-12,15,29H,6H2,1-4H3,(H,35,36)(H,37,38)(H2,20,23,24)(H2,32,33,34)/t9-,11-,12-,15-/m1/s1. The Hall–Kier alpha value is -2.88. The second-order valence-corrected chi connectivity index (χ2v) is 15.2. The number of nitrogens with two attached hydrogens (primary N) is 1. The number of hydrogen-bond acceptors (Lipinski definition) is 16. The van der Waals surface area contributed by atoms with Crippen LogP contribution in [0.15, 0.2) is 23.1 Å². The summed E-state index contributed by atoms with van der Waals surface area (Å²) in [6.07, 6.45) is -4.43. The van der Waals surface area contributed by atoms with Gasteiger partial charge in [-0.2, -0.15) is 8.62 Å². The highest BCUT2D eigenvalue weighted by Crippen LogP contribution is 2.66. The highest BCUT2D eigenvalue weighted by molar-refractivity contribution is 7.66. The maximum Gasteiger partial charge on any atom is 0.490 e. The molecule has 7 N–H and O–H groups in total. The van der Waals surface area contributed by atoms with Crippen LogP contribution in [0.4, 0.5) is 11.8 Å². The van der Waals surface area contributed by atoms with Crippen molar-refractivity contribution in [1.29, 1.82) is 0 Å². The molecule has 24 nitrogen and oxygen atoms in total. The Morgan fingerprint density at radius 3 is 2.37 bits per heavy atom. The van der Waals surface area contributed by atoms with Gasteiger partial charge in [-0.25, -0.2) is 33.4 Å². The summed E-state index contributed by atoms with van der Waals surface area (Å²) in [5.41, 5.74) is 11.9. The summed E-state index contributed by atoms with van der Waals surface area (Å²) >= 11 is 0. The van der Waals surface area contributed by atoms with Crippen LogP contribution in [0.3, 0.4) is 0 Å². The molecule has 1 radical (unpaired) electrons. The molecule has 1 fully saturated rings. The number of phosphoric ester groups is 1. The summed E-state index contributed by atoms with van der Waals surface area (Å²) in [6.45, 7) is 4.92. The largest absolute Gasteiger partial charge is 0.490 e. The van der Waals surface area contributed by atoms with E-state index in [9.17, 15) is 38.6 Å². The van der Waals surface area contributed by atoms with Crippen molar-refractivity contribution < 1.29 is 71.0 Å². The Morgan fingerprint density at radius 2 is 1.80 bits per heavy atom. The molecular formula is C19H27N9O15P3. The fourth-order valence-electron chi connectivity index (χ4n) is 4.79. The number of fused-ring (bicyclic) bond motifs is 1. The first-order valence-electron chi connectivity index (χ1n) is 12.6. The van der Waals surface area contributed by atoms with Crippen LogP contribution in [0.1, 0.15) is 33.9 Å². The number of carbonyl (C=O) groups is 1. The Bertz CT molecular complexity index is 1770. The number of imidazole rings is 1. The number of hydroxylamine groups is 2. The van der Waals surface area contributed by atoms with E-state index in [4.69, 9.17) is 30.5 Å². The Labute approximate surface area is 257 Å². The van der Waals surface area contributed by atoms with E-state index in [0.717, 1.165) is 10.9 Å². The maximum absolute atomic E-state index is 13.4. The predicted molar refractivity (Wildman–Crippen MR) is 147 cm³/mol. The molecule has 0 amide bonds. The van der Waals surface area contributed by atoms with Gasteiger partial charge in [0.2, 0.25) is 5.95 Å². The van der Waals surface area contributed by atoms with E-state index in [-0.39, 0.29) is 22.6 Å². The van der Waals surface area contributed by atoms with Gasteiger partial charge in [-0.15, -0.1) is 10.3 Å². The van der Waals surface area contributed by atoms with Crippen molar-refractivity contribution in [3.8, 4) is 0 Å². The van der Waals surface area contributed by atoms with Crippen LogP contribution >= 0.6 is 23.5 Å². The fourth-order valence-corrected chi connectivity index (χ4v) is 7.82. The zero-order valence-corrected chi connectivity index (χ0v) is 26.7. The third-order valence-corrected chi connectivity index (χ3v) is 10.4. The molecular weight excluding hydrogens is 687 g/mol. The molecule has 2 unspecified atom stereocenters. The molecule has 4 rings (SSSR count). The van der Waals surface area contributed by atoms with Gasteiger partial charge in [0.05, 0.1) is 29.6 Å². The normalized spacial score (nSPS) is 27.0. The van der Waals surface area contributed by atoms with Gasteiger partial charge in [-0.1, -0.05) is 0 Å². The molecule has 2 aromatic rings. The smallest absolute Gasteiger partial charge is 0.451 e. The van der Waals surface area contributed by atoms with Crippen LogP contribution in [-0.2, 0) is 46.3 Å². The minimum atomic E-state index is -5.86. The number of aliphatic hydroxyl groups excluding tert-OH is 1. The average molecular weight is 714 g/mol. The zero-order valence-electron chi connectivity index (χ0n) is 24.0. The molecule has 1 saturated heterocycles. The van der Waals surface area contributed by atoms with Crippen molar-refractivity contribution in [1.82, 2.24) is 24.6 Å². The van der Waals surface area contributed by atoms with Crippen LogP contribution in [0.2, 0.25) is 0 Å². The molecule has 46 heavy (non-hydrogen) atoms. The average Bonchev–Trinajstić information content (AvgIpc) is 3.49. The number of aromatic nitrogens is 4. The highest BCUT2D eigenvalue weighted by atomic mass is 31.3. The molecule has 0 aromatic carbocycles. The number of hydrogen-bond donors (Lipinski definition) is 6. The lowest BCUT2D eigenvalue weighted by Crippen LogP contribution is -2.48. The van der Waals surface area contributed by atoms with Crippen LogP contribution in [0, 0.1) is 0 Å². The summed E-state index contributed by atoms with van der Waals surface area (Å²) in [5.74, 6) is -1.74. The van der Waals surface area contributed by atoms with Gasteiger partial charge < -0.3 is 39.9 Å². The number of phosphoric acid groups is 3. The van der Waals surface area contributed by atoms with Gasteiger partial charge in [0.15, 0.2) is 23.8 Å².